The van der Waals surface area contributed by atoms with E-state index >= 15 is 0 Å². The molecule has 7 heteroatoms. The van der Waals surface area contributed by atoms with E-state index in [-0.39, 0.29) is 25.7 Å². The summed E-state index contributed by atoms with van der Waals surface area (Å²) in [5.74, 6) is -0.421. The predicted molar refractivity (Wildman–Crippen MR) is 94.0 cm³/mol. The second kappa shape index (κ2) is 9.37. The normalized spacial score (nSPS) is 15.6. The van der Waals surface area contributed by atoms with Gasteiger partial charge < -0.3 is 10.1 Å². The van der Waals surface area contributed by atoms with Crippen molar-refractivity contribution in [3.63, 3.8) is 0 Å². The summed E-state index contributed by atoms with van der Waals surface area (Å²) in [5, 5.41) is 2.81. The molecule has 1 aliphatic rings. The number of aryl methyl sites for hydroxylation is 2. The third kappa shape index (κ3) is 6.61. The van der Waals surface area contributed by atoms with E-state index in [0.717, 1.165) is 23.3 Å². The molecule has 1 aromatic carbocycles. The minimum atomic E-state index is -4.35. The fourth-order valence-corrected chi connectivity index (χ4v) is 3.28. The number of carbonyl (C=O) groups excluding carboxylic acids is 1. The van der Waals surface area contributed by atoms with Crippen LogP contribution in [0.25, 0.3) is 0 Å². The molecule has 0 heterocycles. The Bertz CT molecular complexity index is 605. The van der Waals surface area contributed by atoms with Gasteiger partial charge in [-0.05, 0) is 49.3 Å². The van der Waals surface area contributed by atoms with Crippen molar-refractivity contribution in [1.82, 2.24) is 10.2 Å². The predicted octanol–water partition coefficient (Wildman–Crippen LogP) is 3.25. The van der Waals surface area contributed by atoms with E-state index in [9.17, 15) is 18.0 Å². The molecule has 1 amide bonds. The molecule has 26 heavy (non-hydrogen) atoms. The summed E-state index contributed by atoms with van der Waals surface area (Å²) in [6.45, 7) is 0.612. The average molecular weight is 372 g/mol. The zero-order valence-corrected chi connectivity index (χ0v) is 15.4. The van der Waals surface area contributed by atoms with Gasteiger partial charge in [-0.3, -0.25) is 9.69 Å². The number of alkyl halides is 3. The molecular weight excluding hydrogens is 345 g/mol. The Morgan fingerprint density at radius 1 is 1.27 bits per heavy atom. The largest absolute Gasteiger partial charge is 0.401 e. The molecule has 146 valence electrons. The first-order valence-electron chi connectivity index (χ1n) is 8.97. The lowest BCUT2D eigenvalue weighted by molar-refractivity contribution is -0.150. The molecule has 0 spiro atoms. The number of hydrogen-bond donors (Lipinski definition) is 1. The summed E-state index contributed by atoms with van der Waals surface area (Å²) in [5.41, 5.74) is 3.65. The molecular formula is C19H27F3N2O2. The van der Waals surface area contributed by atoms with Crippen molar-refractivity contribution in [2.75, 3.05) is 33.4 Å². The van der Waals surface area contributed by atoms with Crippen LogP contribution in [0.15, 0.2) is 18.2 Å². The van der Waals surface area contributed by atoms with E-state index in [1.54, 1.807) is 0 Å². The second-order valence-electron chi connectivity index (χ2n) is 6.84. The van der Waals surface area contributed by atoms with Crippen molar-refractivity contribution in [3.8, 4) is 0 Å². The lowest BCUT2D eigenvalue weighted by Gasteiger charge is -2.24. The van der Waals surface area contributed by atoms with Crippen LogP contribution in [0, 0.1) is 0 Å². The number of hydrogen-bond acceptors (Lipinski definition) is 3. The maximum absolute atomic E-state index is 12.7. The highest BCUT2D eigenvalue weighted by Gasteiger charge is 2.31. The molecule has 0 saturated heterocycles. The molecule has 0 aromatic heterocycles. The van der Waals surface area contributed by atoms with Crippen LogP contribution in [0.5, 0.6) is 0 Å². The Morgan fingerprint density at radius 2 is 1.96 bits per heavy atom. The Morgan fingerprint density at radius 3 is 2.62 bits per heavy atom. The first kappa shape index (κ1) is 20.7. The maximum Gasteiger partial charge on any atom is 0.401 e. The van der Waals surface area contributed by atoms with Gasteiger partial charge in [-0.1, -0.05) is 18.2 Å². The Hall–Kier alpha value is -1.60. The second-order valence-corrected chi connectivity index (χ2v) is 6.84. The number of rotatable bonds is 8. The fourth-order valence-electron chi connectivity index (χ4n) is 3.28. The number of ether oxygens (including phenoxy) is 1. The number of halogens is 3. The third-order valence-corrected chi connectivity index (χ3v) is 4.63. The highest BCUT2D eigenvalue weighted by atomic mass is 19.4. The fraction of sp³-hybridized carbons (Fsp3) is 0.632. The van der Waals surface area contributed by atoms with E-state index < -0.39 is 18.6 Å². The minimum Gasteiger partial charge on any atom is -0.383 e. The molecule has 0 aliphatic heterocycles. The molecule has 1 unspecified atom stereocenters. The molecule has 1 N–H and O–H groups in total. The summed E-state index contributed by atoms with van der Waals surface area (Å²) in [4.78, 5) is 13.3. The summed E-state index contributed by atoms with van der Waals surface area (Å²) in [6.07, 6.45) is 0.152. The Kier molecular flexibility index (Phi) is 7.46. The van der Waals surface area contributed by atoms with Gasteiger partial charge in [0.05, 0.1) is 25.7 Å². The van der Waals surface area contributed by atoms with Crippen LogP contribution in [0.4, 0.5) is 13.2 Å². The molecule has 4 nitrogen and oxygen atoms in total. The van der Waals surface area contributed by atoms with Gasteiger partial charge in [0.15, 0.2) is 0 Å². The standard InChI is InChI=1S/C19H27F3N2O2/c1-14(16-8-7-15-5-3-4-6-17(15)11-16)23-18(25)12-24(9-10-26-2)13-19(20,21)22/h7-8,11,14H,3-6,9-10,12-13H2,1-2H3,(H,23,25). The highest BCUT2D eigenvalue weighted by molar-refractivity contribution is 5.78. The van der Waals surface area contributed by atoms with Gasteiger partial charge in [-0.25, -0.2) is 0 Å². The van der Waals surface area contributed by atoms with Crippen LogP contribution in [0.3, 0.4) is 0 Å². The smallest absolute Gasteiger partial charge is 0.383 e. The first-order valence-corrected chi connectivity index (χ1v) is 8.97. The summed E-state index contributed by atoms with van der Waals surface area (Å²) in [7, 11) is 1.42. The monoisotopic (exact) mass is 372 g/mol. The minimum absolute atomic E-state index is 0.0522. The van der Waals surface area contributed by atoms with Crippen LogP contribution in [-0.4, -0.2) is 50.3 Å². The van der Waals surface area contributed by atoms with E-state index in [4.69, 9.17) is 4.74 Å². The Labute approximate surface area is 152 Å². The molecule has 1 aliphatic carbocycles. The van der Waals surface area contributed by atoms with Gasteiger partial charge in [-0.15, -0.1) is 0 Å². The van der Waals surface area contributed by atoms with Crippen LogP contribution in [0.2, 0.25) is 0 Å². The average Bonchev–Trinajstić information content (AvgIpc) is 2.57. The zero-order chi connectivity index (χ0) is 19.2. The van der Waals surface area contributed by atoms with E-state index in [2.05, 4.69) is 17.4 Å². The number of amides is 1. The summed E-state index contributed by atoms with van der Waals surface area (Å²) in [6, 6.07) is 5.96. The highest BCUT2D eigenvalue weighted by Crippen LogP contribution is 2.24. The topological polar surface area (TPSA) is 41.6 Å². The number of fused-ring (bicyclic) bond motifs is 1. The van der Waals surface area contributed by atoms with Gasteiger partial charge in [0, 0.05) is 13.7 Å². The van der Waals surface area contributed by atoms with E-state index in [1.165, 1.54) is 31.1 Å². The SMILES string of the molecule is COCCN(CC(=O)NC(C)c1ccc2c(c1)CCCC2)CC(F)(F)F. The summed E-state index contributed by atoms with van der Waals surface area (Å²) < 4.78 is 42.8. The van der Waals surface area contributed by atoms with Crippen LogP contribution in [-0.2, 0) is 22.4 Å². The van der Waals surface area contributed by atoms with Crippen molar-refractivity contribution in [1.29, 1.82) is 0 Å². The lowest BCUT2D eigenvalue weighted by Crippen LogP contribution is -2.43. The van der Waals surface area contributed by atoms with Crippen molar-refractivity contribution in [2.24, 2.45) is 0 Å². The van der Waals surface area contributed by atoms with Crippen molar-refractivity contribution in [2.45, 2.75) is 44.8 Å². The molecule has 0 fully saturated rings. The maximum atomic E-state index is 12.7. The van der Waals surface area contributed by atoms with Crippen LogP contribution >= 0.6 is 0 Å². The molecule has 0 radical (unpaired) electrons. The molecule has 0 bridgehead atoms. The van der Waals surface area contributed by atoms with Crippen LogP contribution in [0.1, 0.15) is 42.5 Å². The summed E-state index contributed by atoms with van der Waals surface area (Å²) >= 11 is 0. The quantitative estimate of drug-likeness (QED) is 0.762. The lowest BCUT2D eigenvalue weighted by atomic mass is 9.89. The number of nitrogens with one attached hydrogen (secondary N) is 1. The van der Waals surface area contributed by atoms with Gasteiger partial charge in [0.2, 0.25) is 5.91 Å². The van der Waals surface area contributed by atoms with Gasteiger partial charge in [0.25, 0.3) is 0 Å². The van der Waals surface area contributed by atoms with Gasteiger partial charge in [0.1, 0.15) is 0 Å². The number of carbonyl (C=O) groups is 1. The van der Waals surface area contributed by atoms with Gasteiger partial charge in [-0.2, -0.15) is 13.2 Å². The molecule has 0 saturated carbocycles. The zero-order valence-electron chi connectivity index (χ0n) is 15.4. The molecule has 2 rings (SSSR count). The van der Waals surface area contributed by atoms with Crippen molar-refractivity contribution in [3.05, 3.63) is 34.9 Å². The third-order valence-electron chi connectivity index (χ3n) is 4.63. The number of methoxy groups -OCH3 is 1. The van der Waals surface area contributed by atoms with Gasteiger partial charge >= 0.3 is 6.18 Å². The number of nitrogens with zero attached hydrogens (tertiary/aromatic N) is 1. The van der Waals surface area contributed by atoms with Crippen molar-refractivity contribution >= 4 is 5.91 Å². The molecule has 1 atom stereocenters. The van der Waals surface area contributed by atoms with Crippen LogP contribution < -0.4 is 5.32 Å². The van der Waals surface area contributed by atoms with E-state index in [1.807, 2.05) is 13.0 Å². The van der Waals surface area contributed by atoms with Crippen molar-refractivity contribution < 1.29 is 22.7 Å². The molecule has 1 aromatic rings. The van der Waals surface area contributed by atoms with E-state index in [0.29, 0.717) is 0 Å². The first-order chi connectivity index (χ1) is 12.3. The number of benzene rings is 1. The Balaban J connectivity index is 1.94.